The summed E-state index contributed by atoms with van der Waals surface area (Å²) >= 11 is 6.23. The molecule has 0 atom stereocenters. The van der Waals surface area contributed by atoms with Crippen LogP contribution in [0.25, 0.3) is 5.69 Å². The Bertz CT molecular complexity index is 815. The van der Waals surface area contributed by atoms with Gasteiger partial charge >= 0.3 is 0 Å². The first kappa shape index (κ1) is 16.4. The Morgan fingerprint density at radius 3 is 2.62 bits per heavy atom. The number of benzene rings is 1. The van der Waals surface area contributed by atoms with Crippen LogP contribution >= 0.6 is 11.6 Å². The summed E-state index contributed by atoms with van der Waals surface area (Å²) in [7, 11) is 1.89. The normalized spacial score (nSPS) is 13.8. The molecule has 0 amide bonds. The van der Waals surface area contributed by atoms with E-state index in [0.717, 1.165) is 23.6 Å². The second-order valence-corrected chi connectivity index (χ2v) is 6.37. The van der Waals surface area contributed by atoms with E-state index in [1.807, 2.05) is 11.9 Å². The van der Waals surface area contributed by atoms with Gasteiger partial charge in [-0.25, -0.2) is 0 Å². The Labute approximate surface area is 143 Å². The van der Waals surface area contributed by atoms with Crippen LogP contribution in [0.15, 0.2) is 35.3 Å². The van der Waals surface area contributed by atoms with E-state index >= 15 is 0 Å². The number of rotatable bonds is 6. The maximum Gasteiger partial charge on any atom is 0.292 e. The topological polar surface area (TPSA) is 81.3 Å². The molecule has 24 heavy (non-hydrogen) atoms. The maximum atomic E-state index is 12.5. The first-order valence-electron chi connectivity index (χ1n) is 7.71. The van der Waals surface area contributed by atoms with E-state index in [0.29, 0.717) is 11.4 Å². The van der Waals surface area contributed by atoms with Crippen molar-refractivity contribution in [1.82, 2.24) is 9.78 Å². The van der Waals surface area contributed by atoms with Crippen LogP contribution in [-0.4, -0.2) is 28.3 Å². The molecule has 1 aliphatic rings. The van der Waals surface area contributed by atoms with Crippen molar-refractivity contribution in [3.05, 3.63) is 56.0 Å². The lowest BCUT2D eigenvalue weighted by atomic mass is 10.2. The minimum atomic E-state index is -0.495. The molecular formula is C16H17ClN4O3. The lowest BCUT2D eigenvalue weighted by molar-refractivity contribution is -0.384. The van der Waals surface area contributed by atoms with E-state index < -0.39 is 10.5 Å². The molecule has 0 saturated heterocycles. The number of hydrogen-bond donors (Lipinski definition) is 0. The Morgan fingerprint density at radius 2 is 2.04 bits per heavy atom. The van der Waals surface area contributed by atoms with Gasteiger partial charge in [-0.2, -0.15) is 9.78 Å². The summed E-state index contributed by atoms with van der Waals surface area (Å²) in [5, 5.41) is 15.0. The molecule has 7 nitrogen and oxygen atoms in total. The highest BCUT2D eigenvalue weighted by Crippen LogP contribution is 2.33. The van der Waals surface area contributed by atoms with E-state index in [-0.39, 0.29) is 10.7 Å². The van der Waals surface area contributed by atoms with E-state index in [1.165, 1.54) is 37.1 Å². The van der Waals surface area contributed by atoms with Crippen molar-refractivity contribution in [3.8, 4) is 5.69 Å². The molecule has 0 radical (unpaired) electrons. The molecular weight excluding hydrogens is 332 g/mol. The molecule has 1 heterocycles. The molecule has 0 unspecified atom stereocenters. The van der Waals surface area contributed by atoms with E-state index in [4.69, 9.17) is 11.6 Å². The molecule has 0 spiro atoms. The predicted octanol–water partition coefficient (Wildman–Crippen LogP) is 3.03. The van der Waals surface area contributed by atoms with Crippen LogP contribution in [0.3, 0.4) is 0 Å². The zero-order valence-corrected chi connectivity index (χ0v) is 13.9. The van der Waals surface area contributed by atoms with Gasteiger partial charge in [-0.3, -0.25) is 14.9 Å². The Hall–Kier alpha value is -2.41. The number of anilines is 1. The fraction of sp³-hybridized carbons (Fsp3) is 0.375. The van der Waals surface area contributed by atoms with Crippen molar-refractivity contribution in [2.45, 2.75) is 19.3 Å². The first-order chi connectivity index (χ1) is 11.5. The molecule has 1 saturated carbocycles. The predicted molar refractivity (Wildman–Crippen MR) is 92.1 cm³/mol. The third-order valence-electron chi connectivity index (χ3n) is 4.19. The summed E-state index contributed by atoms with van der Waals surface area (Å²) in [6.07, 6.45) is 5.19. The number of nitro groups is 1. The van der Waals surface area contributed by atoms with Crippen LogP contribution in [0.1, 0.15) is 19.3 Å². The molecule has 1 aromatic carbocycles. The van der Waals surface area contributed by atoms with Crippen molar-refractivity contribution in [2.24, 2.45) is 5.92 Å². The first-order valence-corrected chi connectivity index (χ1v) is 8.09. The third-order valence-corrected chi connectivity index (χ3v) is 4.54. The smallest absolute Gasteiger partial charge is 0.292 e. The Morgan fingerprint density at radius 1 is 1.38 bits per heavy atom. The van der Waals surface area contributed by atoms with Crippen LogP contribution in [0.4, 0.5) is 11.4 Å². The molecule has 8 heteroatoms. The van der Waals surface area contributed by atoms with E-state index in [9.17, 15) is 14.9 Å². The van der Waals surface area contributed by atoms with Crippen LogP contribution in [0.2, 0.25) is 5.02 Å². The summed E-state index contributed by atoms with van der Waals surface area (Å²) in [6.45, 7) is 0.826. The van der Waals surface area contributed by atoms with Gasteiger partial charge in [0.25, 0.3) is 11.2 Å². The van der Waals surface area contributed by atoms with Crippen molar-refractivity contribution >= 4 is 23.0 Å². The lowest BCUT2D eigenvalue weighted by Crippen LogP contribution is -2.27. The number of non-ortho nitro benzene ring substituents is 1. The summed E-state index contributed by atoms with van der Waals surface area (Å²) in [4.78, 5) is 24.6. The van der Waals surface area contributed by atoms with Gasteiger partial charge in [0.05, 0.1) is 22.5 Å². The van der Waals surface area contributed by atoms with Gasteiger partial charge in [0.1, 0.15) is 5.02 Å². The number of hydrogen-bond acceptors (Lipinski definition) is 5. The summed E-state index contributed by atoms with van der Waals surface area (Å²) in [5.41, 5.74) is 0.538. The fourth-order valence-electron chi connectivity index (χ4n) is 2.49. The Balaban J connectivity index is 1.86. The summed E-state index contributed by atoms with van der Waals surface area (Å²) < 4.78 is 1.14. The molecule has 0 bridgehead atoms. The standard InChI is InChI=1S/C16H17ClN4O3/c1-19(9-8-11-2-3-11)14-10-18-20(16(22)15(14)17)12-4-6-13(7-5-12)21(23)24/h4-7,10-11H,2-3,8-9H2,1H3. The van der Waals surface area contributed by atoms with Gasteiger partial charge in [0.15, 0.2) is 0 Å². The van der Waals surface area contributed by atoms with Crippen LogP contribution < -0.4 is 10.5 Å². The minimum absolute atomic E-state index is 0.0469. The van der Waals surface area contributed by atoms with Crippen LogP contribution in [-0.2, 0) is 0 Å². The Kier molecular flexibility index (Phi) is 4.53. The monoisotopic (exact) mass is 348 g/mol. The second-order valence-electron chi connectivity index (χ2n) is 5.99. The third kappa shape index (κ3) is 3.41. The molecule has 126 valence electrons. The average molecular weight is 349 g/mol. The zero-order valence-electron chi connectivity index (χ0n) is 13.2. The molecule has 1 aromatic heterocycles. The highest BCUT2D eigenvalue weighted by Gasteiger charge is 2.22. The van der Waals surface area contributed by atoms with Gasteiger partial charge in [-0.1, -0.05) is 24.4 Å². The van der Waals surface area contributed by atoms with E-state index in [2.05, 4.69) is 5.10 Å². The summed E-state index contributed by atoms with van der Waals surface area (Å²) in [5.74, 6) is 0.791. The lowest BCUT2D eigenvalue weighted by Gasteiger charge is -2.20. The average Bonchev–Trinajstić information content (AvgIpc) is 3.39. The van der Waals surface area contributed by atoms with Gasteiger partial charge in [0, 0.05) is 25.7 Å². The van der Waals surface area contributed by atoms with Crippen LogP contribution in [0.5, 0.6) is 0 Å². The molecule has 1 aliphatic carbocycles. The van der Waals surface area contributed by atoms with Crippen molar-refractivity contribution < 1.29 is 4.92 Å². The van der Waals surface area contributed by atoms with Gasteiger partial charge < -0.3 is 4.90 Å². The fourth-order valence-corrected chi connectivity index (χ4v) is 2.77. The number of halogens is 1. The van der Waals surface area contributed by atoms with Crippen molar-refractivity contribution in [1.29, 1.82) is 0 Å². The van der Waals surface area contributed by atoms with Crippen molar-refractivity contribution in [2.75, 3.05) is 18.5 Å². The molecule has 0 N–H and O–H groups in total. The van der Waals surface area contributed by atoms with Crippen LogP contribution in [0, 0.1) is 16.0 Å². The van der Waals surface area contributed by atoms with Gasteiger partial charge in [-0.15, -0.1) is 0 Å². The highest BCUT2D eigenvalue weighted by molar-refractivity contribution is 6.33. The largest absolute Gasteiger partial charge is 0.372 e. The number of nitro benzene ring substituents is 1. The van der Waals surface area contributed by atoms with Gasteiger partial charge in [-0.05, 0) is 24.5 Å². The summed E-state index contributed by atoms with van der Waals surface area (Å²) in [6, 6.07) is 5.60. The second kappa shape index (κ2) is 6.60. The molecule has 1 fully saturated rings. The van der Waals surface area contributed by atoms with Gasteiger partial charge in [0.2, 0.25) is 0 Å². The number of aromatic nitrogens is 2. The molecule has 0 aliphatic heterocycles. The maximum absolute atomic E-state index is 12.5. The minimum Gasteiger partial charge on any atom is -0.372 e. The number of nitrogens with zero attached hydrogens (tertiary/aromatic N) is 4. The zero-order chi connectivity index (χ0) is 17.3. The van der Waals surface area contributed by atoms with E-state index in [1.54, 1.807) is 6.20 Å². The van der Waals surface area contributed by atoms with Crippen molar-refractivity contribution in [3.63, 3.8) is 0 Å². The quantitative estimate of drug-likeness (QED) is 0.592. The SMILES string of the molecule is CN(CCC1CC1)c1cnn(-c2ccc([N+](=O)[O-])cc2)c(=O)c1Cl. The molecule has 2 aromatic rings. The molecule has 3 rings (SSSR count). The highest BCUT2D eigenvalue weighted by atomic mass is 35.5.